The maximum absolute atomic E-state index is 11.7. The monoisotopic (exact) mass is 393 g/mol. The van der Waals surface area contributed by atoms with Gasteiger partial charge in [0.2, 0.25) is 0 Å². The lowest BCUT2D eigenvalue weighted by molar-refractivity contribution is 0.416. The number of rotatable bonds is 4. The molecular formula is C17H13BrClNO3. The van der Waals surface area contributed by atoms with E-state index in [1.807, 2.05) is 12.1 Å². The molecule has 0 aliphatic heterocycles. The molecule has 0 saturated carbocycles. The highest BCUT2D eigenvalue weighted by molar-refractivity contribution is 9.10. The van der Waals surface area contributed by atoms with Gasteiger partial charge >= 0.3 is 5.63 Å². The lowest BCUT2D eigenvalue weighted by atomic mass is 10.1. The first-order valence-electron chi connectivity index (χ1n) is 6.86. The van der Waals surface area contributed by atoms with E-state index in [4.69, 9.17) is 20.8 Å². The highest BCUT2D eigenvalue weighted by atomic mass is 79.9. The van der Waals surface area contributed by atoms with E-state index in [1.165, 1.54) is 6.07 Å². The first-order valence-corrected chi connectivity index (χ1v) is 8.03. The van der Waals surface area contributed by atoms with Crippen molar-refractivity contribution in [3.63, 3.8) is 0 Å². The molecule has 0 aliphatic rings. The largest absolute Gasteiger partial charge is 0.495 e. The zero-order chi connectivity index (χ0) is 16.4. The van der Waals surface area contributed by atoms with Crippen LogP contribution in [0.4, 0.5) is 5.69 Å². The Kier molecular flexibility index (Phi) is 4.59. The van der Waals surface area contributed by atoms with E-state index >= 15 is 0 Å². The first-order chi connectivity index (χ1) is 11.1. The van der Waals surface area contributed by atoms with Crippen LogP contribution in [-0.4, -0.2) is 7.11 Å². The molecule has 0 aliphatic carbocycles. The molecule has 1 heterocycles. The highest BCUT2D eigenvalue weighted by Crippen LogP contribution is 2.29. The maximum atomic E-state index is 11.7. The van der Waals surface area contributed by atoms with Crippen LogP contribution in [0.5, 0.6) is 5.75 Å². The van der Waals surface area contributed by atoms with Crippen molar-refractivity contribution in [2.24, 2.45) is 0 Å². The normalized spacial score (nSPS) is 10.7. The lowest BCUT2D eigenvalue weighted by Crippen LogP contribution is -2.06. The number of benzene rings is 2. The molecule has 0 radical (unpaired) electrons. The van der Waals surface area contributed by atoms with Gasteiger partial charge in [-0.1, -0.05) is 27.5 Å². The Labute approximate surface area is 146 Å². The number of nitrogens with one attached hydrogen (secondary N) is 1. The molecular weight excluding hydrogens is 382 g/mol. The fourth-order valence-electron chi connectivity index (χ4n) is 2.36. The van der Waals surface area contributed by atoms with Gasteiger partial charge in [-0.3, -0.25) is 0 Å². The van der Waals surface area contributed by atoms with Gasteiger partial charge in [0.25, 0.3) is 0 Å². The lowest BCUT2D eigenvalue weighted by Gasteiger charge is -2.12. The van der Waals surface area contributed by atoms with Crippen LogP contribution >= 0.6 is 27.5 Å². The Morgan fingerprint density at radius 2 is 2.04 bits per heavy atom. The van der Waals surface area contributed by atoms with Gasteiger partial charge in [-0.15, -0.1) is 0 Å². The number of methoxy groups -OCH3 is 1. The summed E-state index contributed by atoms with van der Waals surface area (Å²) >= 11 is 9.40. The average Bonchev–Trinajstić information content (AvgIpc) is 2.52. The summed E-state index contributed by atoms with van der Waals surface area (Å²) in [6.45, 7) is 0.445. The van der Waals surface area contributed by atoms with E-state index in [0.717, 1.165) is 21.1 Å². The second kappa shape index (κ2) is 6.64. The molecule has 3 rings (SSSR count). The van der Waals surface area contributed by atoms with E-state index in [0.29, 0.717) is 22.9 Å². The zero-order valence-electron chi connectivity index (χ0n) is 12.2. The second-order valence-corrected chi connectivity index (χ2v) is 6.28. The predicted octanol–water partition coefficient (Wildman–Crippen LogP) is 4.83. The Morgan fingerprint density at radius 1 is 1.22 bits per heavy atom. The minimum Gasteiger partial charge on any atom is -0.495 e. The Bertz CT molecular complexity index is 923. The average molecular weight is 395 g/mol. The number of ether oxygens (including phenoxy) is 1. The summed E-state index contributed by atoms with van der Waals surface area (Å²) in [7, 11) is 1.60. The van der Waals surface area contributed by atoms with Gasteiger partial charge in [0, 0.05) is 27.5 Å². The SMILES string of the molecule is COc1ccc(Cl)cc1NCc1cc(=O)oc2cc(Br)ccc12. The molecule has 3 aromatic rings. The van der Waals surface area contributed by atoms with Gasteiger partial charge in [0.1, 0.15) is 11.3 Å². The summed E-state index contributed by atoms with van der Waals surface area (Å²) in [5, 5.41) is 4.74. The minimum atomic E-state index is -0.384. The third kappa shape index (κ3) is 3.51. The quantitative estimate of drug-likeness (QED) is 0.644. The molecule has 0 spiro atoms. The molecule has 118 valence electrons. The summed E-state index contributed by atoms with van der Waals surface area (Å²) in [5.74, 6) is 0.685. The number of halogens is 2. The molecule has 0 saturated heterocycles. The van der Waals surface area contributed by atoms with Crippen molar-refractivity contribution in [1.29, 1.82) is 0 Å². The summed E-state index contributed by atoms with van der Waals surface area (Å²) in [5.41, 5.74) is 1.76. The van der Waals surface area contributed by atoms with E-state index in [9.17, 15) is 4.79 Å². The third-order valence-electron chi connectivity index (χ3n) is 3.42. The molecule has 1 N–H and O–H groups in total. The second-order valence-electron chi connectivity index (χ2n) is 4.93. The van der Waals surface area contributed by atoms with E-state index < -0.39 is 0 Å². The maximum Gasteiger partial charge on any atom is 0.336 e. The fraction of sp³-hybridized carbons (Fsp3) is 0.118. The van der Waals surface area contributed by atoms with Crippen LogP contribution in [0.15, 0.2) is 56.1 Å². The molecule has 6 heteroatoms. The number of hydrogen-bond acceptors (Lipinski definition) is 4. The molecule has 1 aromatic heterocycles. The summed E-state index contributed by atoms with van der Waals surface area (Å²) in [6, 6.07) is 12.4. The Morgan fingerprint density at radius 3 is 2.83 bits per heavy atom. The van der Waals surface area contributed by atoms with Crippen LogP contribution in [0.3, 0.4) is 0 Å². The van der Waals surface area contributed by atoms with Gasteiger partial charge in [-0.25, -0.2) is 4.79 Å². The van der Waals surface area contributed by atoms with Gasteiger partial charge in [0.05, 0.1) is 12.8 Å². The summed E-state index contributed by atoms with van der Waals surface area (Å²) in [4.78, 5) is 11.7. The molecule has 0 amide bonds. The molecule has 0 atom stereocenters. The van der Waals surface area contributed by atoms with Crippen LogP contribution in [-0.2, 0) is 6.54 Å². The van der Waals surface area contributed by atoms with Crippen molar-refractivity contribution in [1.82, 2.24) is 0 Å². The molecule has 0 fully saturated rings. The van der Waals surface area contributed by atoms with Crippen LogP contribution in [0.1, 0.15) is 5.56 Å². The first kappa shape index (κ1) is 15.9. The van der Waals surface area contributed by atoms with Crippen molar-refractivity contribution >= 4 is 44.2 Å². The van der Waals surface area contributed by atoms with Crippen LogP contribution in [0.2, 0.25) is 5.02 Å². The van der Waals surface area contributed by atoms with Gasteiger partial charge < -0.3 is 14.5 Å². The van der Waals surface area contributed by atoms with Crippen LogP contribution in [0.25, 0.3) is 11.0 Å². The topological polar surface area (TPSA) is 51.5 Å². The predicted molar refractivity (Wildman–Crippen MR) is 95.5 cm³/mol. The van der Waals surface area contributed by atoms with E-state index in [2.05, 4.69) is 21.2 Å². The van der Waals surface area contributed by atoms with Gasteiger partial charge in [0.15, 0.2) is 0 Å². The molecule has 0 unspecified atom stereocenters. The van der Waals surface area contributed by atoms with Crippen molar-refractivity contribution in [2.45, 2.75) is 6.54 Å². The van der Waals surface area contributed by atoms with Crippen molar-refractivity contribution in [3.05, 3.63) is 67.9 Å². The Hall–Kier alpha value is -1.98. The standard InChI is InChI=1S/C17H13BrClNO3/c1-22-15-5-3-12(19)8-14(15)20-9-10-6-17(21)23-16-7-11(18)2-4-13(10)16/h2-8,20H,9H2,1H3. The van der Waals surface area contributed by atoms with Crippen LogP contribution < -0.4 is 15.7 Å². The number of fused-ring (bicyclic) bond motifs is 1. The van der Waals surface area contributed by atoms with Gasteiger partial charge in [-0.2, -0.15) is 0 Å². The summed E-state index contributed by atoms with van der Waals surface area (Å²) in [6.07, 6.45) is 0. The fourth-order valence-corrected chi connectivity index (χ4v) is 2.87. The molecule has 0 bridgehead atoms. The van der Waals surface area contributed by atoms with Crippen molar-refractivity contribution < 1.29 is 9.15 Å². The van der Waals surface area contributed by atoms with Crippen molar-refractivity contribution in [2.75, 3.05) is 12.4 Å². The molecule has 2 aromatic carbocycles. The van der Waals surface area contributed by atoms with Gasteiger partial charge in [-0.05, 0) is 42.0 Å². The third-order valence-corrected chi connectivity index (χ3v) is 4.15. The molecule has 4 nitrogen and oxygen atoms in total. The number of hydrogen-bond donors (Lipinski definition) is 1. The van der Waals surface area contributed by atoms with E-state index in [-0.39, 0.29) is 5.63 Å². The van der Waals surface area contributed by atoms with Crippen molar-refractivity contribution in [3.8, 4) is 5.75 Å². The number of anilines is 1. The summed E-state index contributed by atoms with van der Waals surface area (Å²) < 4.78 is 11.4. The highest BCUT2D eigenvalue weighted by Gasteiger charge is 2.08. The molecule has 23 heavy (non-hydrogen) atoms. The smallest absolute Gasteiger partial charge is 0.336 e. The Balaban J connectivity index is 1.96. The van der Waals surface area contributed by atoms with E-state index in [1.54, 1.807) is 31.4 Å². The minimum absolute atomic E-state index is 0.384. The van der Waals surface area contributed by atoms with Crippen LogP contribution in [0, 0.1) is 0 Å². The zero-order valence-corrected chi connectivity index (χ0v) is 14.6.